The Bertz CT molecular complexity index is 907. The molecule has 0 aliphatic carbocycles. The molecule has 0 spiro atoms. The lowest BCUT2D eigenvalue weighted by Gasteiger charge is -2.07. The van der Waals surface area contributed by atoms with Gasteiger partial charge in [-0.15, -0.1) is 0 Å². The molecule has 0 fully saturated rings. The van der Waals surface area contributed by atoms with Crippen LogP contribution in [-0.4, -0.2) is 10.7 Å². The molecule has 0 atom stereocenters. The van der Waals surface area contributed by atoms with E-state index in [1.165, 1.54) is 11.5 Å². The zero-order chi connectivity index (χ0) is 16.4. The normalized spacial score (nSPS) is 11.7. The molecule has 0 saturated heterocycles. The Labute approximate surface area is 148 Å². The number of nitrogens with zero attached hydrogens (tertiary/aromatic N) is 2. The zero-order valence-corrected chi connectivity index (χ0v) is 14.4. The number of hydrogen-bond acceptors (Lipinski definition) is 3. The standard InChI is InChI=1S/C17H12Cl3N3/c1-10(12-7-6-11-4-2-3-5-13(11)8-12)22-23-17-15(19)9-14(18)16(20)21-17/h2-9H,1H3,(H,21,23)/b22-10-. The van der Waals surface area contributed by atoms with Crippen LogP contribution in [0.4, 0.5) is 5.82 Å². The summed E-state index contributed by atoms with van der Waals surface area (Å²) in [6, 6.07) is 15.9. The van der Waals surface area contributed by atoms with Gasteiger partial charge in [0, 0.05) is 0 Å². The summed E-state index contributed by atoms with van der Waals surface area (Å²) in [6.07, 6.45) is 0. The lowest BCUT2D eigenvalue weighted by atomic mass is 10.0. The second-order valence-electron chi connectivity index (χ2n) is 4.96. The molecular weight excluding hydrogens is 353 g/mol. The molecule has 0 saturated carbocycles. The van der Waals surface area contributed by atoms with Gasteiger partial charge >= 0.3 is 0 Å². The van der Waals surface area contributed by atoms with Crippen LogP contribution in [0.5, 0.6) is 0 Å². The van der Waals surface area contributed by atoms with Crippen LogP contribution in [0, 0.1) is 0 Å². The molecule has 3 aromatic rings. The molecule has 23 heavy (non-hydrogen) atoms. The smallest absolute Gasteiger partial charge is 0.166 e. The number of hydrogen-bond donors (Lipinski definition) is 1. The Hall–Kier alpha value is -1.81. The van der Waals surface area contributed by atoms with Crippen molar-refractivity contribution in [2.75, 3.05) is 5.43 Å². The van der Waals surface area contributed by atoms with E-state index in [0.717, 1.165) is 16.7 Å². The minimum Gasteiger partial charge on any atom is -0.260 e. The highest BCUT2D eigenvalue weighted by atomic mass is 35.5. The number of halogens is 3. The first kappa shape index (κ1) is 16.1. The maximum Gasteiger partial charge on any atom is 0.166 e. The van der Waals surface area contributed by atoms with Gasteiger partial charge in [0.1, 0.15) is 5.15 Å². The number of anilines is 1. The summed E-state index contributed by atoms with van der Waals surface area (Å²) in [4.78, 5) is 4.07. The molecule has 1 heterocycles. The van der Waals surface area contributed by atoms with Crippen molar-refractivity contribution >= 4 is 57.1 Å². The second-order valence-corrected chi connectivity index (χ2v) is 6.13. The molecule has 3 nitrogen and oxygen atoms in total. The number of hydrazone groups is 1. The lowest BCUT2D eigenvalue weighted by molar-refractivity contribution is 1.22. The Morgan fingerprint density at radius 1 is 0.957 bits per heavy atom. The van der Waals surface area contributed by atoms with Gasteiger partial charge in [0.25, 0.3) is 0 Å². The van der Waals surface area contributed by atoms with Gasteiger partial charge in [-0.1, -0.05) is 71.2 Å². The predicted molar refractivity (Wildman–Crippen MR) is 99.0 cm³/mol. The SMILES string of the molecule is C/C(=N/Nc1nc(Cl)c(Cl)cc1Cl)c1ccc2ccccc2c1. The lowest BCUT2D eigenvalue weighted by Crippen LogP contribution is -2.01. The summed E-state index contributed by atoms with van der Waals surface area (Å²) in [7, 11) is 0. The molecule has 116 valence electrons. The van der Waals surface area contributed by atoms with E-state index in [9.17, 15) is 0 Å². The molecule has 0 aliphatic rings. The third-order valence-electron chi connectivity index (χ3n) is 3.38. The van der Waals surface area contributed by atoms with Gasteiger partial charge in [-0.3, -0.25) is 5.43 Å². The number of aromatic nitrogens is 1. The van der Waals surface area contributed by atoms with Crippen molar-refractivity contribution in [1.29, 1.82) is 0 Å². The van der Waals surface area contributed by atoms with Crippen LogP contribution in [0.25, 0.3) is 10.8 Å². The maximum absolute atomic E-state index is 6.07. The summed E-state index contributed by atoms with van der Waals surface area (Å²) >= 11 is 17.8. The van der Waals surface area contributed by atoms with Gasteiger partial charge in [-0.05, 0) is 35.4 Å². The van der Waals surface area contributed by atoms with Crippen LogP contribution in [-0.2, 0) is 0 Å². The molecule has 0 amide bonds. The van der Waals surface area contributed by atoms with Crippen molar-refractivity contribution in [3.05, 3.63) is 69.3 Å². The van der Waals surface area contributed by atoms with Crippen molar-refractivity contribution in [2.45, 2.75) is 6.92 Å². The first-order valence-electron chi connectivity index (χ1n) is 6.85. The zero-order valence-electron chi connectivity index (χ0n) is 12.1. The van der Waals surface area contributed by atoms with Crippen molar-refractivity contribution in [2.24, 2.45) is 5.10 Å². The van der Waals surface area contributed by atoms with Gasteiger partial charge in [-0.25, -0.2) is 4.98 Å². The van der Waals surface area contributed by atoms with Gasteiger partial charge in [0.2, 0.25) is 0 Å². The first-order valence-corrected chi connectivity index (χ1v) is 7.99. The van der Waals surface area contributed by atoms with Gasteiger partial charge < -0.3 is 0 Å². The van der Waals surface area contributed by atoms with E-state index in [0.29, 0.717) is 15.9 Å². The molecule has 0 unspecified atom stereocenters. The molecule has 2 aromatic carbocycles. The third-order valence-corrected chi connectivity index (χ3v) is 4.34. The van der Waals surface area contributed by atoms with E-state index >= 15 is 0 Å². The molecule has 0 bridgehead atoms. The van der Waals surface area contributed by atoms with E-state index in [4.69, 9.17) is 34.8 Å². The minimum absolute atomic E-state index is 0.178. The molecule has 1 aromatic heterocycles. The Balaban J connectivity index is 1.88. The van der Waals surface area contributed by atoms with Crippen LogP contribution < -0.4 is 5.43 Å². The van der Waals surface area contributed by atoms with Crippen molar-refractivity contribution in [3.8, 4) is 0 Å². The van der Waals surface area contributed by atoms with Crippen molar-refractivity contribution in [1.82, 2.24) is 4.98 Å². The molecular formula is C17H12Cl3N3. The monoisotopic (exact) mass is 363 g/mol. The van der Waals surface area contributed by atoms with E-state index in [2.05, 4.69) is 39.8 Å². The Kier molecular flexibility index (Phi) is 4.71. The van der Waals surface area contributed by atoms with E-state index in [1.54, 1.807) is 0 Å². The Morgan fingerprint density at radius 2 is 1.70 bits per heavy atom. The number of rotatable bonds is 3. The van der Waals surface area contributed by atoms with Gasteiger partial charge in [0.05, 0.1) is 15.8 Å². The Morgan fingerprint density at radius 3 is 2.48 bits per heavy atom. The fourth-order valence-electron chi connectivity index (χ4n) is 2.14. The number of benzene rings is 2. The molecule has 3 rings (SSSR count). The molecule has 6 heteroatoms. The number of nitrogens with one attached hydrogen (secondary N) is 1. The highest BCUT2D eigenvalue weighted by Gasteiger charge is 2.07. The maximum atomic E-state index is 6.07. The van der Waals surface area contributed by atoms with Crippen LogP contribution in [0.3, 0.4) is 0 Å². The number of fused-ring (bicyclic) bond motifs is 1. The fraction of sp³-hybridized carbons (Fsp3) is 0.0588. The van der Waals surface area contributed by atoms with E-state index in [1.807, 2.05) is 25.1 Å². The summed E-state index contributed by atoms with van der Waals surface area (Å²) in [5, 5.41) is 7.50. The summed E-state index contributed by atoms with van der Waals surface area (Å²) < 4.78 is 0. The number of pyridine rings is 1. The van der Waals surface area contributed by atoms with Crippen LogP contribution >= 0.6 is 34.8 Å². The minimum atomic E-state index is 0.178. The van der Waals surface area contributed by atoms with Crippen LogP contribution in [0.2, 0.25) is 15.2 Å². The summed E-state index contributed by atoms with van der Waals surface area (Å²) in [5.41, 5.74) is 4.64. The van der Waals surface area contributed by atoms with E-state index in [-0.39, 0.29) is 5.15 Å². The molecule has 1 N–H and O–H groups in total. The summed E-state index contributed by atoms with van der Waals surface area (Å²) in [5.74, 6) is 0.362. The van der Waals surface area contributed by atoms with E-state index < -0.39 is 0 Å². The third kappa shape index (κ3) is 3.58. The molecule has 0 aliphatic heterocycles. The van der Waals surface area contributed by atoms with Crippen LogP contribution in [0.15, 0.2) is 53.6 Å². The van der Waals surface area contributed by atoms with Crippen molar-refractivity contribution < 1.29 is 0 Å². The van der Waals surface area contributed by atoms with Crippen LogP contribution in [0.1, 0.15) is 12.5 Å². The summed E-state index contributed by atoms with van der Waals surface area (Å²) in [6.45, 7) is 1.91. The average molecular weight is 365 g/mol. The topological polar surface area (TPSA) is 37.3 Å². The fourth-order valence-corrected chi connectivity index (χ4v) is 2.68. The largest absolute Gasteiger partial charge is 0.260 e. The highest BCUT2D eigenvalue weighted by Crippen LogP contribution is 2.28. The van der Waals surface area contributed by atoms with Gasteiger partial charge in [0.15, 0.2) is 5.82 Å². The van der Waals surface area contributed by atoms with Crippen molar-refractivity contribution in [3.63, 3.8) is 0 Å². The first-order chi connectivity index (χ1) is 11.0. The molecule has 0 radical (unpaired) electrons. The van der Waals surface area contributed by atoms with Gasteiger partial charge in [-0.2, -0.15) is 5.10 Å². The quantitative estimate of drug-likeness (QED) is 0.350. The second kappa shape index (κ2) is 6.75. The highest BCUT2D eigenvalue weighted by molar-refractivity contribution is 6.42. The predicted octanol–water partition coefficient (Wildman–Crippen LogP) is 6.03. The average Bonchev–Trinajstić information content (AvgIpc) is 2.56.